The van der Waals surface area contributed by atoms with Crippen LogP contribution in [0.2, 0.25) is 5.02 Å². The standard InChI is InChI=1S/C13H14ClN3O2/c14-8-3-4-10(11(15)6-8)13-16-12(17-19-13)7-9-2-1-5-18-9/h3-4,6,9H,1-2,5,7,15H2. The van der Waals surface area contributed by atoms with E-state index in [2.05, 4.69) is 10.1 Å². The lowest BCUT2D eigenvalue weighted by Gasteiger charge is -2.04. The van der Waals surface area contributed by atoms with E-state index in [1.165, 1.54) is 0 Å². The normalized spacial score (nSPS) is 18.9. The summed E-state index contributed by atoms with van der Waals surface area (Å²) in [6.07, 6.45) is 3.02. The molecule has 0 bridgehead atoms. The molecule has 0 aliphatic carbocycles. The van der Waals surface area contributed by atoms with Gasteiger partial charge in [0.05, 0.1) is 11.7 Å². The Morgan fingerprint density at radius 2 is 2.32 bits per heavy atom. The molecule has 1 aliphatic heterocycles. The van der Waals surface area contributed by atoms with E-state index in [-0.39, 0.29) is 6.10 Å². The molecule has 1 aliphatic rings. The fourth-order valence-electron chi connectivity index (χ4n) is 2.18. The first-order valence-electron chi connectivity index (χ1n) is 6.22. The van der Waals surface area contributed by atoms with Gasteiger partial charge in [0.2, 0.25) is 0 Å². The van der Waals surface area contributed by atoms with Crippen LogP contribution in [0, 0.1) is 0 Å². The van der Waals surface area contributed by atoms with Gasteiger partial charge in [-0.3, -0.25) is 0 Å². The number of benzene rings is 1. The minimum Gasteiger partial charge on any atom is -0.398 e. The molecule has 1 saturated heterocycles. The van der Waals surface area contributed by atoms with Crippen LogP contribution in [0.15, 0.2) is 22.7 Å². The van der Waals surface area contributed by atoms with Gasteiger partial charge in [-0.15, -0.1) is 0 Å². The topological polar surface area (TPSA) is 74.2 Å². The van der Waals surface area contributed by atoms with Crippen LogP contribution in [0.5, 0.6) is 0 Å². The highest BCUT2D eigenvalue weighted by Crippen LogP contribution is 2.27. The molecule has 2 heterocycles. The molecule has 1 fully saturated rings. The molecular weight excluding hydrogens is 266 g/mol. The molecule has 0 spiro atoms. The van der Waals surface area contributed by atoms with E-state index in [9.17, 15) is 0 Å². The Bertz CT molecular complexity index is 579. The van der Waals surface area contributed by atoms with Crippen molar-refractivity contribution in [2.75, 3.05) is 12.3 Å². The van der Waals surface area contributed by atoms with Crippen molar-refractivity contribution in [1.29, 1.82) is 0 Å². The zero-order chi connectivity index (χ0) is 13.2. The number of anilines is 1. The summed E-state index contributed by atoms with van der Waals surface area (Å²) in [5.74, 6) is 1.07. The second kappa shape index (κ2) is 5.19. The maximum atomic E-state index is 5.89. The first-order chi connectivity index (χ1) is 9.22. The first-order valence-corrected chi connectivity index (χ1v) is 6.60. The Balaban J connectivity index is 1.80. The Kier molecular flexibility index (Phi) is 3.40. The predicted octanol–water partition coefficient (Wildman–Crippen LogP) is 2.69. The summed E-state index contributed by atoms with van der Waals surface area (Å²) in [5, 5.41) is 4.55. The maximum Gasteiger partial charge on any atom is 0.260 e. The largest absolute Gasteiger partial charge is 0.398 e. The van der Waals surface area contributed by atoms with E-state index in [0.29, 0.717) is 34.4 Å². The van der Waals surface area contributed by atoms with Gasteiger partial charge in [0.1, 0.15) is 0 Å². The van der Waals surface area contributed by atoms with Crippen molar-refractivity contribution in [3.63, 3.8) is 0 Å². The summed E-state index contributed by atoms with van der Waals surface area (Å²) in [5.41, 5.74) is 7.12. The fourth-order valence-corrected chi connectivity index (χ4v) is 2.36. The monoisotopic (exact) mass is 279 g/mol. The minimum absolute atomic E-state index is 0.202. The number of rotatable bonds is 3. The molecule has 6 heteroatoms. The summed E-state index contributed by atoms with van der Waals surface area (Å²) < 4.78 is 10.8. The number of nitrogens with two attached hydrogens (primary N) is 1. The van der Waals surface area contributed by atoms with Gasteiger partial charge in [0.25, 0.3) is 5.89 Å². The average molecular weight is 280 g/mol. The third-order valence-electron chi connectivity index (χ3n) is 3.15. The van der Waals surface area contributed by atoms with E-state index in [4.69, 9.17) is 26.6 Å². The van der Waals surface area contributed by atoms with Crippen molar-refractivity contribution in [1.82, 2.24) is 10.1 Å². The summed E-state index contributed by atoms with van der Waals surface area (Å²) in [7, 11) is 0. The van der Waals surface area contributed by atoms with Crippen molar-refractivity contribution >= 4 is 17.3 Å². The van der Waals surface area contributed by atoms with Crippen LogP contribution in [0.1, 0.15) is 18.7 Å². The molecule has 100 valence electrons. The van der Waals surface area contributed by atoms with E-state index < -0.39 is 0 Å². The molecule has 2 aromatic rings. The smallest absolute Gasteiger partial charge is 0.260 e. The molecular formula is C13H14ClN3O2. The predicted molar refractivity (Wildman–Crippen MR) is 71.8 cm³/mol. The van der Waals surface area contributed by atoms with Crippen LogP contribution >= 0.6 is 11.6 Å². The lowest BCUT2D eigenvalue weighted by Crippen LogP contribution is -2.09. The van der Waals surface area contributed by atoms with Crippen LogP contribution < -0.4 is 5.73 Å². The number of halogens is 1. The number of ether oxygens (including phenoxy) is 1. The lowest BCUT2D eigenvalue weighted by atomic mass is 10.1. The number of nitrogen functional groups attached to an aromatic ring is 1. The van der Waals surface area contributed by atoms with Crippen LogP contribution in [-0.4, -0.2) is 22.9 Å². The number of hydrogen-bond acceptors (Lipinski definition) is 5. The maximum absolute atomic E-state index is 5.89. The first kappa shape index (κ1) is 12.4. The number of aromatic nitrogens is 2. The SMILES string of the molecule is Nc1cc(Cl)ccc1-c1nc(CC2CCCO2)no1. The number of hydrogen-bond donors (Lipinski definition) is 1. The molecule has 0 radical (unpaired) electrons. The quantitative estimate of drug-likeness (QED) is 0.875. The average Bonchev–Trinajstić information content (AvgIpc) is 3.01. The van der Waals surface area contributed by atoms with Crippen LogP contribution in [0.25, 0.3) is 11.5 Å². The van der Waals surface area contributed by atoms with Gasteiger partial charge in [-0.25, -0.2) is 0 Å². The summed E-state index contributed by atoms with van der Waals surface area (Å²) >= 11 is 5.86. The van der Waals surface area contributed by atoms with Gasteiger partial charge >= 0.3 is 0 Å². The number of nitrogens with zero attached hydrogens (tertiary/aromatic N) is 2. The second-order valence-corrected chi connectivity index (χ2v) is 5.02. The highest BCUT2D eigenvalue weighted by Gasteiger charge is 2.20. The summed E-state index contributed by atoms with van der Waals surface area (Å²) in [6.45, 7) is 0.819. The van der Waals surface area contributed by atoms with Crippen LogP contribution in [-0.2, 0) is 11.2 Å². The van der Waals surface area contributed by atoms with E-state index in [0.717, 1.165) is 19.4 Å². The Morgan fingerprint density at radius 1 is 1.42 bits per heavy atom. The van der Waals surface area contributed by atoms with Gasteiger partial charge in [-0.2, -0.15) is 4.98 Å². The van der Waals surface area contributed by atoms with E-state index >= 15 is 0 Å². The molecule has 0 amide bonds. The zero-order valence-corrected chi connectivity index (χ0v) is 11.1. The van der Waals surface area contributed by atoms with E-state index in [1.807, 2.05) is 0 Å². The highest BCUT2D eigenvalue weighted by molar-refractivity contribution is 6.31. The second-order valence-electron chi connectivity index (χ2n) is 4.59. The van der Waals surface area contributed by atoms with E-state index in [1.54, 1.807) is 18.2 Å². The molecule has 1 aromatic heterocycles. The van der Waals surface area contributed by atoms with Crippen LogP contribution in [0.3, 0.4) is 0 Å². The zero-order valence-electron chi connectivity index (χ0n) is 10.3. The van der Waals surface area contributed by atoms with Crippen molar-refractivity contribution in [3.05, 3.63) is 29.0 Å². The molecule has 0 saturated carbocycles. The van der Waals surface area contributed by atoms with Gasteiger partial charge in [-0.1, -0.05) is 16.8 Å². The van der Waals surface area contributed by atoms with Crippen molar-refractivity contribution in [2.24, 2.45) is 0 Å². The fraction of sp³-hybridized carbons (Fsp3) is 0.385. The Morgan fingerprint density at radius 3 is 3.05 bits per heavy atom. The van der Waals surface area contributed by atoms with Crippen molar-refractivity contribution in [2.45, 2.75) is 25.4 Å². The molecule has 2 N–H and O–H groups in total. The molecule has 5 nitrogen and oxygen atoms in total. The molecule has 19 heavy (non-hydrogen) atoms. The Labute approximate surface area is 115 Å². The third kappa shape index (κ3) is 2.72. The van der Waals surface area contributed by atoms with Crippen molar-refractivity contribution < 1.29 is 9.26 Å². The summed E-state index contributed by atoms with van der Waals surface area (Å²) in [6, 6.07) is 5.19. The van der Waals surface area contributed by atoms with Gasteiger partial charge < -0.3 is 15.0 Å². The minimum atomic E-state index is 0.202. The van der Waals surface area contributed by atoms with Crippen LogP contribution in [0.4, 0.5) is 5.69 Å². The van der Waals surface area contributed by atoms with Gasteiger partial charge in [0.15, 0.2) is 5.82 Å². The van der Waals surface area contributed by atoms with Crippen molar-refractivity contribution in [3.8, 4) is 11.5 Å². The molecule has 1 atom stereocenters. The van der Waals surface area contributed by atoms with Gasteiger partial charge in [-0.05, 0) is 31.0 Å². The van der Waals surface area contributed by atoms with Gasteiger partial charge in [0, 0.05) is 23.7 Å². The highest BCUT2D eigenvalue weighted by atomic mass is 35.5. The Hall–Kier alpha value is -1.59. The molecule has 1 aromatic carbocycles. The third-order valence-corrected chi connectivity index (χ3v) is 3.38. The lowest BCUT2D eigenvalue weighted by molar-refractivity contribution is 0.109. The molecule has 3 rings (SSSR count). The summed E-state index contributed by atoms with van der Waals surface area (Å²) in [4.78, 5) is 4.35. The molecule has 1 unspecified atom stereocenters.